The van der Waals surface area contributed by atoms with Crippen molar-refractivity contribution in [1.29, 1.82) is 5.26 Å². The second-order valence-corrected chi connectivity index (χ2v) is 11.6. The molecule has 1 aliphatic rings. The van der Waals surface area contributed by atoms with Crippen molar-refractivity contribution in [2.75, 3.05) is 36.4 Å². The Bertz CT molecular complexity index is 1910. The highest BCUT2D eigenvalue weighted by molar-refractivity contribution is 6.32. The third-order valence-corrected chi connectivity index (χ3v) is 8.38. The zero-order valence-corrected chi connectivity index (χ0v) is 25.8. The van der Waals surface area contributed by atoms with Crippen LogP contribution in [-0.4, -0.2) is 62.5 Å². The Hall–Kier alpha value is -4.76. The second-order valence-electron chi connectivity index (χ2n) is 11.2. The van der Waals surface area contributed by atoms with Gasteiger partial charge in [-0.1, -0.05) is 18.5 Å². The lowest BCUT2D eigenvalue weighted by atomic mass is 10.1. The third-order valence-electron chi connectivity index (χ3n) is 8.07. The van der Waals surface area contributed by atoms with Gasteiger partial charge in [-0.2, -0.15) is 5.26 Å². The summed E-state index contributed by atoms with van der Waals surface area (Å²) in [5, 5.41) is 31.4. The fourth-order valence-corrected chi connectivity index (χ4v) is 5.72. The van der Waals surface area contributed by atoms with Crippen LogP contribution in [0.1, 0.15) is 42.5 Å². The number of pyridine rings is 2. The van der Waals surface area contributed by atoms with Crippen LogP contribution in [0.4, 0.5) is 11.4 Å². The van der Waals surface area contributed by atoms with Crippen molar-refractivity contribution in [3.8, 4) is 17.5 Å². The zero-order chi connectivity index (χ0) is 31.5. The molecule has 0 bridgehead atoms. The van der Waals surface area contributed by atoms with E-state index in [1.54, 1.807) is 25.1 Å². The molecular weight excluding hydrogens is 592 g/mol. The minimum atomic E-state index is -0.843. The van der Waals surface area contributed by atoms with E-state index in [0.29, 0.717) is 28.6 Å². The normalized spacial score (nSPS) is 15.1. The molecule has 2 aromatic carbocycles. The molecule has 0 amide bonds. The maximum atomic E-state index is 12.2. The summed E-state index contributed by atoms with van der Waals surface area (Å²) in [6, 6.07) is 18.2. The van der Waals surface area contributed by atoms with Gasteiger partial charge in [-0.05, 0) is 73.5 Å². The van der Waals surface area contributed by atoms with Crippen LogP contribution < -0.4 is 15.8 Å². The van der Waals surface area contributed by atoms with Crippen molar-refractivity contribution in [2.24, 2.45) is 0 Å². The smallest absolute Gasteiger partial charge is 0.251 e. The number of piperazine rings is 1. The minimum Gasteiger partial charge on any atom is -0.418 e. The molecule has 1 aliphatic heterocycles. The van der Waals surface area contributed by atoms with E-state index in [-0.39, 0.29) is 11.4 Å². The highest BCUT2D eigenvalue weighted by atomic mass is 35.5. The molecule has 2 atom stereocenters. The number of nitriles is 1. The fourth-order valence-electron chi connectivity index (χ4n) is 5.49. The molecule has 12 heteroatoms. The van der Waals surface area contributed by atoms with Crippen molar-refractivity contribution >= 4 is 34.0 Å². The Morgan fingerprint density at radius 2 is 1.89 bits per heavy atom. The first-order valence-corrected chi connectivity index (χ1v) is 15.2. The van der Waals surface area contributed by atoms with E-state index in [9.17, 15) is 9.90 Å². The molecule has 230 valence electrons. The number of hydrogen-bond acceptors (Lipinski definition) is 10. The number of rotatable bonds is 9. The molecule has 4 heterocycles. The predicted octanol–water partition coefficient (Wildman–Crippen LogP) is 4.92. The van der Waals surface area contributed by atoms with Gasteiger partial charge in [-0.3, -0.25) is 14.7 Å². The van der Waals surface area contributed by atoms with Crippen molar-refractivity contribution in [1.82, 2.24) is 25.1 Å². The Morgan fingerprint density at radius 3 is 2.58 bits per heavy atom. The monoisotopic (exact) mass is 624 g/mol. The highest BCUT2D eigenvalue weighted by Crippen LogP contribution is 2.29. The van der Waals surface area contributed by atoms with Crippen LogP contribution in [0.15, 0.2) is 70.0 Å². The number of nitrogens with zero attached hydrogens (tertiary/aromatic N) is 6. The van der Waals surface area contributed by atoms with Gasteiger partial charge in [0.1, 0.15) is 12.1 Å². The first-order valence-electron chi connectivity index (χ1n) is 14.9. The van der Waals surface area contributed by atoms with Crippen LogP contribution in [-0.2, 0) is 13.0 Å². The van der Waals surface area contributed by atoms with Gasteiger partial charge < -0.3 is 24.7 Å². The number of anilines is 2. The molecule has 0 saturated carbocycles. The average Bonchev–Trinajstić information content (AvgIpc) is 3.54. The van der Waals surface area contributed by atoms with Crippen LogP contribution >= 0.6 is 11.6 Å². The number of fused-ring (bicyclic) bond motifs is 1. The molecule has 1 saturated heterocycles. The fraction of sp³-hybridized carbons (Fsp3) is 0.303. The van der Waals surface area contributed by atoms with E-state index >= 15 is 0 Å². The predicted molar refractivity (Wildman–Crippen MR) is 173 cm³/mol. The standard InChI is InChI=1S/C33H33ClN8O3/c1-3-22-15-28-29(38-31(22)44)14-21(18-36-28)19-41-10-12-42(13-11-41)26-8-5-23(6-9-26)32-39-40-33(45-32)30(20(2)43)37-25-7-4-24(17-35)27(34)16-25/h4-9,14-16,18,20,30,37,43H,3,10-13,19H2,1-2H3,(H,38,44)/t20-,30+/m0/s1. The molecule has 11 nitrogen and oxygen atoms in total. The van der Waals surface area contributed by atoms with Crippen molar-refractivity contribution in [2.45, 2.75) is 39.0 Å². The summed E-state index contributed by atoms with van der Waals surface area (Å²) >= 11 is 6.17. The lowest BCUT2D eigenvalue weighted by molar-refractivity contribution is 0.160. The number of hydrogen-bond donors (Lipinski definition) is 3. The summed E-state index contributed by atoms with van der Waals surface area (Å²) in [7, 11) is 0. The molecule has 3 N–H and O–H groups in total. The van der Waals surface area contributed by atoms with Gasteiger partial charge in [0.25, 0.3) is 5.56 Å². The molecule has 0 spiro atoms. The van der Waals surface area contributed by atoms with Crippen molar-refractivity contribution in [3.63, 3.8) is 0 Å². The first-order chi connectivity index (χ1) is 21.8. The average molecular weight is 625 g/mol. The minimum absolute atomic E-state index is 0.0467. The number of aryl methyl sites for hydroxylation is 1. The number of H-pyrrole nitrogens is 1. The molecule has 45 heavy (non-hydrogen) atoms. The SMILES string of the molecule is CCc1cc2ncc(CN3CCN(c4ccc(-c5nnc([C@H](Nc6ccc(C#N)c(Cl)c6)[C@H](C)O)o5)cc4)CC3)cc2[nH]c1=O. The molecule has 5 aromatic rings. The van der Waals surface area contributed by atoms with Gasteiger partial charge in [-0.15, -0.1) is 10.2 Å². The molecule has 0 radical (unpaired) electrons. The van der Waals surface area contributed by atoms with E-state index in [4.69, 9.17) is 21.3 Å². The summed E-state index contributed by atoms with van der Waals surface area (Å²) in [6.45, 7) is 7.92. The topological polar surface area (TPSA) is 147 Å². The molecule has 1 fully saturated rings. The van der Waals surface area contributed by atoms with E-state index in [1.807, 2.05) is 55.6 Å². The van der Waals surface area contributed by atoms with Crippen LogP contribution in [0, 0.1) is 11.3 Å². The van der Waals surface area contributed by atoms with E-state index in [2.05, 4.69) is 35.3 Å². The Labute approximate surface area is 265 Å². The highest BCUT2D eigenvalue weighted by Gasteiger charge is 2.25. The lowest BCUT2D eigenvalue weighted by Gasteiger charge is -2.36. The second kappa shape index (κ2) is 13.1. The quantitative estimate of drug-likeness (QED) is 0.206. The number of aliphatic hydroxyl groups is 1. The van der Waals surface area contributed by atoms with Gasteiger partial charge >= 0.3 is 0 Å². The number of halogens is 1. The Balaban J connectivity index is 1.07. The molecule has 6 rings (SSSR count). The third kappa shape index (κ3) is 6.68. The molecule has 3 aromatic heterocycles. The van der Waals surface area contributed by atoms with Crippen molar-refractivity contribution in [3.05, 3.63) is 98.8 Å². The summed E-state index contributed by atoms with van der Waals surface area (Å²) in [6.07, 6.45) is 1.74. The van der Waals surface area contributed by atoms with Crippen LogP contribution in [0.2, 0.25) is 5.02 Å². The first kappa shape index (κ1) is 30.3. The lowest BCUT2D eigenvalue weighted by Crippen LogP contribution is -2.45. The van der Waals surface area contributed by atoms with Gasteiger partial charge in [-0.25, -0.2) is 0 Å². The molecule has 0 unspecified atom stereocenters. The maximum Gasteiger partial charge on any atom is 0.251 e. The van der Waals surface area contributed by atoms with E-state index < -0.39 is 12.1 Å². The molecular formula is C33H33ClN8O3. The van der Waals surface area contributed by atoms with Crippen LogP contribution in [0.25, 0.3) is 22.5 Å². The number of aliphatic hydroxyl groups excluding tert-OH is 1. The van der Waals surface area contributed by atoms with Gasteiger partial charge in [0, 0.05) is 61.4 Å². The van der Waals surface area contributed by atoms with Crippen LogP contribution in [0.5, 0.6) is 0 Å². The zero-order valence-electron chi connectivity index (χ0n) is 25.0. The summed E-state index contributed by atoms with van der Waals surface area (Å²) in [5.74, 6) is 0.585. The largest absolute Gasteiger partial charge is 0.418 e. The van der Waals surface area contributed by atoms with Gasteiger partial charge in [0.05, 0.1) is 27.7 Å². The maximum absolute atomic E-state index is 12.2. The summed E-state index contributed by atoms with van der Waals surface area (Å²) < 4.78 is 5.97. The van der Waals surface area contributed by atoms with E-state index in [0.717, 1.165) is 66.1 Å². The van der Waals surface area contributed by atoms with Gasteiger partial charge in [0.2, 0.25) is 11.8 Å². The number of nitrogens with one attached hydrogen (secondary N) is 2. The van der Waals surface area contributed by atoms with Crippen molar-refractivity contribution < 1.29 is 9.52 Å². The number of aromatic nitrogens is 4. The number of aromatic amines is 1. The van der Waals surface area contributed by atoms with E-state index in [1.165, 1.54) is 0 Å². The molecule has 0 aliphatic carbocycles. The van der Waals surface area contributed by atoms with Crippen LogP contribution in [0.3, 0.4) is 0 Å². The van der Waals surface area contributed by atoms with Gasteiger partial charge in [0.15, 0.2) is 0 Å². The number of benzene rings is 2. The summed E-state index contributed by atoms with van der Waals surface area (Å²) in [5.41, 5.74) is 6.23. The Kier molecular flexibility index (Phi) is 8.80. The Morgan fingerprint density at radius 1 is 1.11 bits per heavy atom. The summed E-state index contributed by atoms with van der Waals surface area (Å²) in [4.78, 5) is 24.5.